The van der Waals surface area contributed by atoms with Crippen LogP contribution in [-0.4, -0.2) is 46.3 Å². The number of aliphatic hydroxyl groups is 1. The van der Waals surface area contributed by atoms with E-state index in [2.05, 4.69) is 0 Å². The molecule has 0 heterocycles. The van der Waals surface area contributed by atoms with Crippen LogP contribution in [0.2, 0.25) is 0 Å². The van der Waals surface area contributed by atoms with Gasteiger partial charge in [-0.05, 0) is 27.8 Å². The highest BCUT2D eigenvalue weighted by molar-refractivity contribution is 5.76. The van der Waals surface area contributed by atoms with Gasteiger partial charge < -0.3 is 15.1 Å². The summed E-state index contributed by atoms with van der Waals surface area (Å²) in [6.45, 7) is 5.32. The van der Waals surface area contributed by atoms with Crippen LogP contribution in [0.3, 0.4) is 0 Å². The summed E-state index contributed by atoms with van der Waals surface area (Å²) in [5.74, 6) is -1.19. The third-order valence-electron chi connectivity index (χ3n) is 1.90. The molecule has 0 spiro atoms. The van der Waals surface area contributed by atoms with Gasteiger partial charge in [-0.25, -0.2) is 4.79 Å². The second kappa shape index (κ2) is 3.87. The van der Waals surface area contributed by atoms with E-state index in [-0.39, 0.29) is 12.6 Å². The molecule has 0 saturated carbocycles. The van der Waals surface area contributed by atoms with Gasteiger partial charge in [0.15, 0.2) is 5.60 Å². The molecule has 2 N–H and O–H groups in total. The molecule has 0 rings (SSSR count). The molecular weight excluding hydrogens is 158 g/mol. The molecule has 1 atom stereocenters. The van der Waals surface area contributed by atoms with Gasteiger partial charge in [-0.2, -0.15) is 0 Å². The number of carbonyl (C=O) groups is 1. The summed E-state index contributed by atoms with van der Waals surface area (Å²) < 4.78 is 0. The fourth-order valence-corrected chi connectivity index (χ4v) is 0.736. The summed E-state index contributed by atoms with van der Waals surface area (Å²) >= 11 is 0. The normalized spacial score (nSPS) is 16.6. The van der Waals surface area contributed by atoms with Crippen LogP contribution in [0, 0.1) is 0 Å². The average molecular weight is 175 g/mol. The Morgan fingerprint density at radius 1 is 1.58 bits per heavy atom. The van der Waals surface area contributed by atoms with Crippen LogP contribution < -0.4 is 0 Å². The quantitative estimate of drug-likeness (QED) is 0.639. The summed E-state index contributed by atoms with van der Waals surface area (Å²) in [4.78, 5) is 12.3. The lowest BCUT2D eigenvalue weighted by molar-refractivity contribution is -0.158. The van der Waals surface area contributed by atoms with Gasteiger partial charge >= 0.3 is 5.97 Å². The number of hydrogen-bond donors (Lipinski definition) is 2. The predicted molar refractivity (Wildman–Crippen MR) is 46.0 cm³/mol. The highest BCUT2D eigenvalue weighted by Crippen LogP contribution is 2.07. The van der Waals surface area contributed by atoms with E-state index in [1.165, 1.54) is 6.92 Å². The highest BCUT2D eigenvalue weighted by atomic mass is 16.4. The maximum atomic E-state index is 10.5. The topological polar surface area (TPSA) is 60.8 Å². The van der Waals surface area contributed by atoms with Crippen molar-refractivity contribution in [2.75, 3.05) is 13.6 Å². The summed E-state index contributed by atoms with van der Waals surface area (Å²) in [7, 11) is 1.78. The lowest BCUT2D eigenvalue weighted by Crippen LogP contribution is -2.47. The number of carboxylic acids is 1. The molecule has 0 fully saturated rings. The lowest BCUT2D eigenvalue weighted by atomic mass is 10.1. The van der Waals surface area contributed by atoms with Crippen molar-refractivity contribution in [3.63, 3.8) is 0 Å². The zero-order valence-electron chi connectivity index (χ0n) is 8.03. The molecule has 0 bridgehead atoms. The Kier molecular flexibility index (Phi) is 3.67. The first kappa shape index (κ1) is 11.4. The SMILES string of the molecule is CC(C)N(C)CC(C)(O)C(=O)O. The minimum Gasteiger partial charge on any atom is -0.479 e. The van der Waals surface area contributed by atoms with Crippen LogP contribution in [-0.2, 0) is 4.79 Å². The second-order valence-corrected chi connectivity index (χ2v) is 3.59. The van der Waals surface area contributed by atoms with Crippen LogP contribution >= 0.6 is 0 Å². The number of carboxylic acid groups (broad SMARTS) is 1. The molecule has 0 radical (unpaired) electrons. The molecule has 12 heavy (non-hydrogen) atoms. The van der Waals surface area contributed by atoms with Crippen LogP contribution in [0.15, 0.2) is 0 Å². The monoisotopic (exact) mass is 175 g/mol. The van der Waals surface area contributed by atoms with E-state index in [4.69, 9.17) is 5.11 Å². The van der Waals surface area contributed by atoms with E-state index in [1.54, 1.807) is 11.9 Å². The summed E-state index contributed by atoms with van der Waals surface area (Å²) in [6, 6.07) is 0.232. The number of aliphatic carboxylic acids is 1. The Balaban J connectivity index is 4.15. The Morgan fingerprint density at radius 3 is 2.25 bits per heavy atom. The van der Waals surface area contributed by atoms with Crippen molar-refractivity contribution in [3.8, 4) is 0 Å². The third kappa shape index (κ3) is 3.19. The van der Waals surface area contributed by atoms with Crippen molar-refractivity contribution in [2.45, 2.75) is 32.4 Å². The molecule has 0 amide bonds. The molecule has 0 saturated heterocycles. The summed E-state index contributed by atoms with van der Waals surface area (Å²) in [5, 5.41) is 18.0. The molecule has 0 aromatic rings. The van der Waals surface area contributed by atoms with Crippen molar-refractivity contribution >= 4 is 5.97 Å². The Morgan fingerprint density at radius 2 is 2.00 bits per heavy atom. The van der Waals surface area contributed by atoms with Crippen LogP contribution in [0.25, 0.3) is 0 Å². The molecule has 4 heteroatoms. The van der Waals surface area contributed by atoms with Gasteiger partial charge in [0.05, 0.1) is 0 Å². The van der Waals surface area contributed by atoms with Gasteiger partial charge in [-0.15, -0.1) is 0 Å². The first-order valence-corrected chi connectivity index (χ1v) is 3.93. The molecule has 1 unspecified atom stereocenters. The van der Waals surface area contributed by atoms with Gasteiger partial charge in [-0.3, -0.25) is 0 Å². The van der Waals surface area contributed by atoms with E-state index in [1.807, 2.05) is 13.8 Å². The van der Waals surface area contributed by atoms with Gasteiger partial charge in [-0.1, -0.05) is 0 Å². The lowest BCUT2D eigenvalue weighted by Gasteiger charge is -2.28. The number of likely N-dealkylation sites (N-methyl/N-ethyl adjacent to an activating group) is 1. The maximum absolute atomic E-state index is 10.5. The molecular formula is C8H17NO3. The molecule has 0 aliphatic rings. The molecule has 0 aromatic carbocycles. The zero-order valence-corrected chi connectivity index (χ0v) is 8.03. The van der Waals surface area contributed by atoms with E-state index < -0.39 is 11.6 Å². The Bertz CT molecular complexity index is 166. The van der Waals surface area contributed by atoms with Gasteiger partial charge in [0.1, 0.15) is 0 Å². The number of hydrogen-bond acceptors (Lipinski definition) is 3. The van der Waals surface area contributed by atoms with E-state index >= 15 is 0 Å². The summed E-state index contributed by atoms with van der Waals surface area (Å²) in [5.41, 5.74) is -1.65. The molecule has 0 aliphatic heterocycles. The highest BCUT2D eigenvalue weighted by Gasteiger charge is 2.31. The van der Waals surface area contributed by atoms with Crippen molar-refractivity contribution in [2.24, 2.45) is 0 Å². The van der Waals surface area contributed by atoms with Crippen LogP contribution in [0.4, 0.5) is 0 Å². The average Bonchev–Trinajstić information content (AvgIpc) is 1.85. The molecule has 0 aliphatic carbocycles. The first-order valence-electron chi connectivity index (χ1n) is 3.93. The van der Waals surface area contributed by atoms with Gasteiger partial charge in [0.25, 0.3) is 0 Å². The second-order valence-electron chi connectivity index (χ2n) is 3.59. The minimum absolute atomic E-state index is 0.139. The van der Waals surface area contributed by atoms with Crippen LogP contribution in [0.5, 0.6) is 0 Å². The smallest absolute Gasteiger partial charge is 0.336 e. The van der Waals surface area contributed by atoms with E-state index in [0.29, 0.717) is 0 Å². The predicted octanol–water partition coefficient (Wildman–Crippen LogP) is 0.162. The van der Waals surface area contributed by atoms with Gasteiger partial charge in [0.2, 0.25) is 0 Å². The Hall–Kier alpha value is -0.610. The minimum atomic E-state index is -1.65. The third-order valence-corrected chi connectivity index (χ3v) is 1.90. The largest absolute Gasteiger partial charge is 0.479 e. The van der Waals surface area contributed by atoms with E-state index in [9.17, 15) is 9.90 Å². The fraction of sp³-hybridized carbons (Fsp3) is 0.875. The van der Waals surface area contributed by atoms with Crippen LogP contribution in [0.1, 0.15) is 20.8 Å². The first-order chi connectivity index (χ1) is 5.27. The molecule has 0 aromatic heterocycles. The van der Waals surface area contributed by atoms with Gasteiger partial charge in [0, 0.05) is 12.6 Å². The number of nitrogens with zero attached hydrogens (tertiary/aromatic N) is 1. The summed E-state index contributed by atoms with van der Waals surface area (Å²) in [6.07, 6.45) is 0. The van der Waals surface area contributed by atoms with E-state index in [0.717, 1.165) is 0 Å². The maximum Gasteiger partial charge on any atom is 0.336 e. The fourth-order valence-electron chi connectivity index (χ4n) is 0.736. The van der Waals surface area contributed by atoms with Crippen molar-refractivity contribution < 1.29 is 15.0 Å². The molecule has 72 valence electrons. The zero-order chi connectivity index (χ0) is 9.94. The number of rotatable bonds is 4. The standard InChI is InChI=1S/C8H17NO3/c1-6(2)9(4)5-8(3,12)7(10)11/h6,12H,5H2,1-4H3,(H,10,11). The Labute approximate surface area is 72.8 Å². The van der Waals surface area contributed by atoms with Crippen molar-refractivity contribution in [1.29, 1.82) is 0 Å². The van der Waals surface area contributed by atoms with Crippen molar-refractivity contribution in [1.82, 2.24) is 4.90 Å². The molecule has 4 nitrogen and oxygen atoms in total. The van der Waals surface area contributed by atoms with Crippen molar-refractivity contribution in [3.05, 3.63) is 0 Å².